The fourth-order valence-electron chi connectivity index (χ4n) is 3.75. The van der Waals surface area contributed by atoms with Crippen LogP contribution in [0.2, 0.25) is 0 Å². The van der Waals surface area contributed by atoms with Crippen molar-refractivity contribution in [3.63, 3.8) is 0 Å². The number of piperidine rings is 1. The Hall–Kier alpha value is -2.34. The topological polar surface area (TPSA) is 67.6 Å². The SMILES string of the molecule is O=C(Nc1cccc(-c2ncco2)c1)N1CCC(C2CCCO2)CC1. The minimum Gasteiger partial charge on any atom is -0.445 e. The van der Waals surface area contributed by atoms with E-state index < -0.39 is 0 Å². The van der Waals surface area contributed by atoms with E-state index in [-0.39, 0.29) is 6.03 Å². The van der Waals surface area contributed by atoms with Gasteiger partial charge in [-0.2, -0.15) is 0 Å². The molecule has 1 atom stereocenters. The van der Waals surface area contributed by atoms with Gasteiger partial charge in [-0.3, -0.25) is 0 Å². The van der Waals surface area contributed by atoms with E-state index in [0.717, 1.165) is 43.8 Å². The van der Waals surface area contributed by atoms with Gasteiger partial charge in [0.15, 0.2) is 0 Å². The van der Waals surface area contributed by atoms with Crippen molar-refractivity contribution in [1.29, 1.82) is 0 Å². The monoisotopic (exact) mass is 341 g/mol. The summed E-state index contributed by atoms with van der Waals surface area (Å²) in [5.41, 5.74) is 1.60. The van der Waals surface area contributed by atoms with Crippen molar-refractivity contribution in [2.45, 2.75) is 31.8 Å². The summed E-state index contributed by atoms with van der Waals surface area (Å²) in [6, 6.07) is 7.51. The van der Waals surface area contributed by atoms with Crippen LogP contribution in [-0.4, -0.2) is 41.7 Å². The number of anilines is 1. The molecule has 2 fully saturated rings. The maximum absolute atomic E-state index is 12.5. The Morgan fingerprint density at radius 3 is 2.84 bits per heavy atom. The van der Waals surface area contributed by atoms with Crippen LogP contribution in [0.25, 0.3) is 11.5 Å². The van der Waals surface area contributed by atoms with Crippen LogP contribution in [0.15, 0.2) is 41.1 Å². The van der Waals surface area contributed by atoms with Crippen molar-refractivity contribution in [3.8, 4) is 11.5 Å². The third-order valence-corrected chi connectivity index (χ3v) is 5.11. The lowest BCUT2D eigenvalue weighted by atomic mass is 9.90. The molecule has 2 aromatic rings. The van der Waals surface area contributed by atoms with Crippen molar-refractivity contribution in [2.75, 3.05) is 25.0 Å². The molecule has 132 valence electrons. The van der Waals surface area contributed by atoms with Crippen molar-refractivity contribution in [2.24, 2.45) is 5.92 Å². The number of likely N-dealkylation sites (tertiary alicyclic amines) is 1. The Kier molecular flexibility index (Phi) is 4.70. The van der Waals surface area contributed by atoms with Gasteiger partial charge in [-0.1, -0.05) is 6.07 Å². The van der Waals surface area contributed by atoms with E-state index in [1.807, 2.05) is 29.2 Å². The lowest BCUT2D eigenvalue weighted by molar-refractivity contribution is 0.0382. The molecule has 4 rings (SSSR count). The number of hydrogen-bond donors (Lipinski definition) is 1. The number of nitrogens with zero attached hydrogens (tertiary/aromatic N) is 2. The van der Waals surface area contributed by atoms with E-state index in [2.05, 4.69) is 10.3 Å². The molecular weight excluding hydrogens is 318 g/mol. The molecule has 0 radical (unpaired) electrons. The van der Waals surface area contributed by atoms with Crippen molar-refractivity contribution < 1.29 is 13.9 Å². The molecule has 1 N–H and O–H groups in total. The Labute approximate surface area is 147 Å². The zero-order chi connectivity index (χ0) is 17.1. The molecule has 1 aromatic carbocycles. The van der Waals surface area contributed by atoms with Crippen molar-refractivity contribution >= 4 is 11.7 Å². The Morgan fingerprint density at radius 1 is 1.24 bits per heavy atom. The molecule has 1 aromatic heterocycles. The smallest absolute Gasteiger partial charge is 0.321 e. The highest BCUT2D eigenvalue weighted by Gasteiger charge is 2.30. The molecule has 0 aliphatic carbocycles. The van der Waals surface area contributed by atoms with Gasteiger partial charge in [0, 0.05) is 30.9 Å². The largest absolute Gasteiger partial charge is 0.445 e. The number of nitrogens with one attached hydrogen (secondary N) is 1. The number of carbonyl (C=O) groups excluding carboxylic acids is 1. The van der Waals surface area contributed by atoms with Gasteiger partial charge >= 0.3 is 6.03 Å². The van der Waals surface area contributed by atoms with E-state index in [1.165, 1.54) is 12.8 Å². The molecule has 2 aliphatic heterocycles. The van der Waals surface area contributed by atoms with Crippen LogP contribution in [0.4, 0.5) is 10.5 Å². The van der Waals surface area contributed by atoms with Gasteiger partial charge in [-0.05, 0) is 49.8 Å². The Bertz CT molecular complexity index is 702. The molecule has 0 bridgehead atoms. The summed E-state index contributed by atoms with van der Waals surface area (Å²) in [6.45, 7) is 2.47. The quantitative estimate of drug-likeness (QED) is 0.923. The summed E-state index contributed by atoms with van der Waals surface area (Å²) in [6.07, 6.45) is 7.94. The van der Waals surface area contributed by atoms with E-state index in [0.29, 0.717) is 17.9 Å². The molecule has 25 heavy (non-hydrogen) atoms. The fourth-order valence-corrected chi connectivity index (χ4v) is 3.75. The zero-order valence-electron chi connectivity index (χ0n) is 14.2. The van der Waals surface area contributed by atoms with Crippen molar-refractivity contribution in [1.82, 2.24) is 9.88 Å². The summed E-state index contributed by atoms with van der Waals surface area (Å²) in [7, 11) is 0. The van der Waals surface area contributed by atoms with Gasteiger partial charge in [-0.25, -0.2) is 9.78 Å². The van der Waals surface area contributed by atoms with Gasteiger partial charge in [0.1, 0.15) is 6.26 Å². The molecule has 3 heterocycles. The number of aromatic nitrogens is 1. The fraction of sp³-hybridized carbons (Fsp3) is 0.474. The molecule has 2 amide bonds. The summed E-state index contributed by atoms with van der Waals surface area (Å²) < 4.78 is 11.1. The second-order valence-corrected chi connectivity index (χ2v) is 6.72. The predicted octanol–water partition coefficient (Wildman–Crippen LogP) is 3.76. The first-order valence-corrected chi connectivity index (χ1v) is 8.97. The Balaban J connectivity index is 1.34. The first-order chi connectivity index (χ1) is 12.3. The summed E-state index contributed by atoms with van der Waals surface area (Å²) in [4.78, 5) is 18.6. The number of rotatable bonds is 3. The van der Waals surface area contributed by atoms with Gasteiger partial charge in [0.2, 0.25) is 5.89 Å². The second-order valence-electron chi connectivity index (χ2n) is 6.72. The summed E-state index contributed by atoms with van der Waals surface area (Å²) >= 11 is 0. The third-order valence-electron chi connectivity index (χ3n) is 5.11. The number of urea groups is 1. The maximum Gasteiger partial charge on any atom is 0.321 e. The molecular formula is C19H23N3O3. The van der Waals surface area contributed by atoms with Crippen molar-refractivity contribution in [3.05, 3.63) is 36.7 Å². The van der Waals surface area contributed by atoms with Crippen LogP contribution in [0.3, 0.4) is 0 Å². The lowest BCUT2D eigenvalue weighted by Gasteiger charge is -2.34. The van der Waals surface area contributed by atoms with Gasteiger partial charge in [0.25, 0.3) is 0 Å². The highest BCUT2D eigenvalue weighted by atomic mass is 16.5. The van der Waals surface area contributed by atoms with Crippen LogP contribution in [-0.2, 0) is 4.74 Å². The number of ether oxygens (including phenoxy) is 1. The normalized spacial score (nSPS) is 21.4. The Morgan fingerprint density at radius 2 is 2.12 bits per heavy atom. The molecule has 0 spiro atoms. The average Bonchev–Trinajstić information content (AvgIpc) is 3.36. The van der Waals surface area contributed by atoms with Crippen LogP contribution < -0.4 is 5.32 Å². The highest BCUT2D eigenvalue weighted by Crippen LogP contribution is 2.29. The minimum atomic E-state index is -0.0460. The molecule has 2 saturated heterocycles. The second kappa shape index (κ2) is 7.27. The zero-order valence-corrected chi connectivity index (χ0v) is 14.2. The first kappa shape index (κ1) is 16.1. The van der Waals surface area contributed by atoms with Crippen LogP contribution in [0, 0.1) is 5.92 Å². The highest BCUT2D eigenvalue weighted by molar-refractivity contribution is 5.90. The third kappa shape index (κ3) is 3.69. The van der Waals surface area contributed by atoms with Crippen LogP contribution in [0.1, 0.15) is 25.7 Å². The molecule has 6 nitrogen and oxygen atoms in total. The maximum atomic E-state index is 12.5. The standard InChI is InChI=1S/C19H23N3O3/c23-19(22-9-6-14(7-10-22)17-5-2-11-24-17)21-16-4-1-3-15(13-16)18-20-8-12-25-18/h1,3-4,8,12-14,17H,2,5-7,9-11H2,(H,21,23). The first-order valence-electron chi connectivity index (χ1n) is 8.97. The van der Waals surface area contributed by atoms with Gasteiger partial charge in [-0.15, -0.1) is 0 Å². The number of hydrogen-bond acceptors (Lipinski definition) is 4. The van der Waals surface area contributed by atoms with E-state index in [9.17, 15) is 4.79 Å². The lowest BCUT2D eigenvalue weighted by Crippen LogP contribution is -2.43. The number of oxazole rings is 1. The van der Waals surface area contributed by atoms with Gasteiger partial charge < -0.3 is 19.4 Å². The molecule has 0 saturated carbocycles. The minimum absolute atomic E-state index is 0.0460. The molecule has 6 heteroatoms. The van der Waals surface area contributed by atoms with E-state index in [4.69, 9.17) is 9.15 Å². The average molecular weight is 341 g/mol. The molecule has 2 aliphatic rings. The van der Waals surface area contributed by atoms with E-state index >= 15 is 0 Å². The van der Waals surface area contributed by atoms with Gasteiger partial charge in [0.05, 0.1) is 12.3 Å². The number of carbonyl (C=O) groups is 1. The number of amides is 2. The predicted molar refractivity (Wildman–Crippen MR) is 94.2 cm³/mol. The number of benzene rings is 1. The van der Waals surface area contributed by atoms with Crippen LogP contribution >= 0.6 is 0 Å². The molecule has 1 unspecified atom stereocenters. The van der Waals surface area contributed by atoms with Crippen LogP contribution in [0.5, 0.6) is 0 Å². The summed E-state index contributed by atoms with van der Waals surface area (Å²) in [5.74, 6) is 1.15. The van der Waals surface area contributed by atoms with E-state index in [1.54, 1.807) is 12.5 Å². The summed E-state index contributed by atoms with van der Waals surface area (Å²) in [5, 5.41) is 2.98.